The second-order valence-electron chi connectivity index (χ2n) is 4.84. The fraction of sp³-hybridized carbons (Fsp3) is 0.500. The Morgan fingerprint density at radius 1 is 1.55 bits per heavy atom. The lowest BCUT2D eigenvalue weighted by molar-refractivity contribution is -0.151. The summed E-state index contributed by atoms with van der Waals surface area (Å²) in [5.74, 6) is -0.625. The molecule has 8 heteroatoms. The number of ether oxygens (including phenoxy) is 2. The van der Waals surface area contributed by atoms with Crippen LogP contribution >= 0.6 is 11.8 Å². The van der Waals surface area contributed by atoms with Gasteiger partial charge in [-0.25, -0.2) is 4.79 Å². The SMILES string of the molecule is C=CCOCC1=C(C(=O)OC)N2C(=O)[C@@H](NC(C)=O)[C@@H]2SC1. The molecule has 1 fully saturated rings. The summed E-state index contributed by atoms with van der Waals surface area (Å²) in [6, 6.07) is -0.599. The molecule has 2 heterocycles. The van der Waals surface area contributed by atoms with Crippen LogP contribution in [0.1, 0.15) is 6.92 Å². The Labute approximate surface area is 132 Å². The van der Waals surface area contributed by atoms with Crippen molar-refractivity contribution in [2.75, 3.05) is 26.1 Å². The van der Waals surface area contributed by atoms with E-state index >= 15 is 0 Å². The van der Waals surface area contributed by atoms with Gasteiger partial charge in [0.25, 0.3) is 5.91 Å². The molecule has 2 atom stereocenters. The number of rotatable bonds is 6. The van der Waals surface area contributed by atoms with Crippen LogP contribution in [-0.2, 0) is 23.9 Å². The molecule has 22 heavy (non-hydrogen) atoms. The van der Waals surface area contributed by atoms with Crippen LogP contribution < -0.4 is 5.32 Å². The van der Waals surface area contributed by atoms with Gasteiger partial charge in [-0.05, 0) is 5.57 Å². The van der Waals surface area contributed by atoms with E-state index in [4.69, 9.17) is 9.47 Å². The number of fused-ring (bicyclic) bond motifs is 1. The van der Waals surface area contributed by atoms with Crippen LogP contribution in [0.2, 0.25) is 0 Å². The van der Waals surface area contributed by atoms with Crippen molar-refractivity contribution in [1.29, 1.82) is 0 Å². The molecular formula is C14H18N2O5S. The number of thioether (sulfide) groups is 1. The largest absolute Gasteiger partial charge is 0.464 e. The van der Waals surface area contributed by atoms with Crippen LogP contribution in [0.5, 0.6) is 0 Å². The summed E-state index contributed by atoms with van der Waals surface area (Å²) in [4.78, 5) is 36.8. The molecule has 0 aliphatic carbocycles. The van der Waals surface area contributed by atoms with Crippen molar-refractivity contribution in [3.63, 3.8) is 0 Å². The van der Waals surface area contributed by atoms with Crippen molar-refractivity contribution in [3.05, 3.63) is 23.9 Å². The molecule has 0 radical (unpaired) electrons. The zero-order valence-corrected chi connectivity index (χ0v) is 13.3. The minimum absolute atomic E-state index is 0.224. The number of methoxy groups -OCH3 is 1. The Hall–Kier alpha value is -1.80. The molecule has 1 saturated heterocycles. The Balaban J connectivity index is 2.21. The van der Waals surface area contributed by atoms with Crippen LogP contribution in [-0.4, -0.2) is 60.2 Å². The van der Waals surface area contributed by atoms with Crippen molar-refractivity contribution in [2.24, 2.45) is 0 Å². The third-order valence-electron chi connectivity index (χ3n) is 3.30. The van der Waals surface area contributed by atoms with Crippen LogP contribution in [0.4, 0.5) is 0 Å². The Bertz CT molecular complexity index is 545. The second kappa shape index (κ2) is 6.97. The smallest absolute Gasteiger partial charge is 0.354 e. The molecule has 120 valence electrons. The standard InChI is InChI=1S/C14H18N2O5S/c1-4-5-21-6-9-7-22-13-10(15-8(2)17)12(18)16(13)11(9)14(19)20-3/h4,10,13H,1,5-7H2,2-3H3,(H,15,17)/t10-,13+/m1/s1. The van der Waals surface area contributed by atoms with Crippen LogP contribution in [0.25, 0.3) is 0 Å². The lowest BCUT2D eigenvalue weighted by Gasteiger charge is -2.49. The van der Waals surface area contributed by atoms with Gasteiger partial charge >= 0.3 is 5.97 Å². The van der Waals surface area contributed by atoms with Crippen molar-refractivity contribution < 1.29 is 23.9 Å². The van der Waals surface area contributed by atoms with E-state index < -0.39 is 12.0 Å². The average Bonchev–Trinajstić information content (AvgIpc) is 2.51. The number of hydrogen-bond donors (Lipinski definition) is 1. The second-order valence-corrected chi connectivity index (χ2v) is 5.94. The summed E-state index contributed by atoms with van der Waals surface area (Å²) in [6.45, 7) is 5.50. The third kappa shape index (κ3) is 3.02. The number of carbonyl (C=O) groups excluding carboxylic acids is 3. The summed E-state index contributed by atoms with van der Waals surface area (Å²) in [5, 5.41) is 2.32. The molecule has 0 aromatic rings. The number of carbonyl (C=O) groups is 3. The number of β-lactam (4-membered cyclic amide) rings is 1. The fourth-order valence-electron chi connectivity index (χ4n) is 2.36. The van der Waals surface area contributed by atoms with Gasteiger partial charge in [0, 0.05) is 12.7 Å². The summed E-state index contributed by atoms with van der Waals surface area (Å²) < 4.78 is 10.2. The van der Waals surface area contributed by atoms with Gasteiger partial charge in [-0.3, -0.25) is 14.5 Å². The first-order chi connectivity index (χ1) is 10.5. The highest BCUT2D eigenvalue weighted by molar-refractivity contribution is 8.00. The topological polar surface area (TPSA) is 84.9 Å². The van der Waals surface area contributed by atoms with Crippen molar-refractivity contribution in [3.8, 4) is 0 Å². The maximum absolute atomic E-state index is 12.2. The van der Waals surface area contributed by atoms with Crippen molar-refractivity contribution in [1.82, 2.24) is 10.2 Å². The highest BCUT2D eigenvalue weighted by Crippen LogP contribution is 2.40. The highest BCUT2D eigenvalue weighted by Gasteiger charge is 2.54. The molecular weight excluding hydrogens is 308 g/mol. The quantitative estimate of drug-likeness (QED) is 0.321. The molecule has 2 aliphatic heterocycles. The maximum Gasteiger partial charge on any atom is 0.354 e. The van der Waals surface area contributed by atoms with Gasteiger partial charge in [-0.2, -0.15) is 0 Å². The summed E-state index contributed by atoms with van der Waals surface area (Å²) in [7, 11) is 1.27. The Morgan fingerprint density at radius 3 is 2.86 bits per heavy atom. The van der Waals surface area contributed by atoms with Crippen LogP contribution in [0.3, 0.4) is 0 Å². The molecule has 0 saturated carbocycles. The van der Waals surface area contributed by atoms with E-state index in [-0.39, 0.29) is 29.5 Å². The molecule has 0 aromatic carbocycles. The molecule has 0 aromatic heterocycles. The predicted molar refractivity (Wildman–Crippen MR) is 80.8 cm³/mol. The number of esters is 1. The van der Waals surface area contributed by atoms with E-state index in [1.54, 1.807) is 6.08 Å². The molecule has 2 rings (SSSR count). The zero-order chi connectivity index (χ0) is 16.3. The minimum atomic E-state index is -0.599. The molecule has 2 amide bonds. The fourth-order valence-corrected chi connectivity index (χ4v) is 3.69. The third-order valence-corrected chi connectivity index (χ3v) is 4.64. The normalized spacial score (nSPS) is 23.5. The van der Waals surface area contributed by atoms with Crippen LogP contribution in [0.15, 0.2) is 23.9 Å². The van der Waals surface area contributed by atoms with E-state index in [9.17, 15) is 14.4 Å². The van der Waals surface area contributed by atoms with Gasteiger partial charge in [0.2, 0.25) is 5.91 Å². The molecule has 0 unspecified atom stereocenters. The maximum atomic E-state index is 12.2. The lowest BCUT2D eigenvalue weighted by atomic mass is 10.0. The van der Waals surface area contributed by atoms with Gasteiger partial charge < -0.3 is 14.8 Å². The van der Waals surface area contributed by atoms with E-state index in [0.717, 1.165) is 0 Å². The van der Waals surface area contributed by atoms with Gasteiger partial charge in [-0.15, -0.1) is 18.3 Å². The van der Waals surface area contributed by atoms with Crippen molar-refractivity contribution in [2.45, 2.75) is 18.3 Å². The number of nitrogens with one attached hydrogen (secondary N) is 1. The average molecular weight is 326 g/mol. The first kappa shape index (κ1) is 16.6. The summed E-state index contributed by atoms with van der Waals surface area (Å²) >= 11 is 1.48. The van der Waals surface area contributed by atoms with Gasteiger partial charge in [0.15, 0.2) is 0 Å². The van der Waals surface area contributed by atoms with E-state index in [2.05, 4.69) is 11.9 Å². The van der Waals surface area contributed by atoms with E-state index in [1.807, 2.05) is 0 Å². The number of amides is 2. The molecule has 1 N–H and O–H groups in total. The molecule has 0 bridgehead atoms. The first-order valence-electron chi connectivity index (χ1n) is 6.72. The monoisotopic (exact) mass is 326 g/mol. The summed E-state index contributed by atoms with van der Waals surface area (Å²) in [5.41, 5.74) is 0.923. The van der Waals surface area contributed by atoms with Crippen LogP contribution in [0, 0.1) is 0 Å². The van der Waals surface area contributed by atoms with Gasteiger partial charge in [0.05, 0.1) is 20.3 Å². The van der Waals surface area contributed by atoms with E-state index in [0.29, 0.717) is 17.9 Å². The predicted octanol–water partition coefficient (Wildman–Crippen LogP) is 0.0359. The van der Waals surface area contributed by atoms with Gasteiger partial charge in [-0.1, -0.05) is 6.08 Å². The lowest BCUT2D eigenvalue weighted by Crippen LogP contribution is -2.70. The van der Waals surface area contributed by atoms with Gasteiger partial charge in [0.1, 0.15) is 17.1 Å². The molecule has 0 spiro atoms. The molecule has 2 aliphatic rings. The van der Waals surface area contributed by atoms with Crippen molar-refractivity contribution >= 4 is 29.5 Å². The number of hydrogen-bond acceptors (Lipinski definition) is 6. The zero-order valence-electron chi connectivity index (χ0n) is 12.5. The minimum Gasteiger partial charge on any atom is -0.464 e. The van der Waals surface area contributed by atoms with E-state index in [1.165, 1.54) is 30.7 Å². The number of nitrogens with zero attached hydrogens (tertiary/aromatic N) is 1. The Kier molecular flexibility index (Phi) is 5.25. The molecule has 7 nitrogen and oxygen atoms in total. The first-order valence-corrected chi connectivity index (χ1v) is 7.76. The summed E-state index contributed by atoms with van der Waals surface area (Å²) in [6.07, 6.45) is 1.61. The Morgan fingerprint density at radius 2 is 2.27 bits per heavy atom. The highest BCUT2D eigenvalue weighted by atomic mass is 32.2.